The molecule has 1 aromatic carbocycles. The lowest BCUT2D eigenvalue weighted by Crippen LogP contribution is -2.03. The average molecular weight is 275 g/mol. The van der Waals surface area contributed by atoms with E-state index in [-0.39, 0.29) is 5.75 Å². The van der Waals surface area contributed by atoms with E-state index < -0.39 is 0 Å². The Bertz CT molecular complexity index is 578. The summed E-state index contributed by atoms with van der Waals surface area (Å²) in [6.45, 7) is 2.69. The first-order valence-electron chi connectivity index (χ1n) is 6.86. The van der Waals surface area contributed by atoms with Gasteiger partial charge in [0, 0.05) is 5.56 Å². The van der Waals surface area contributed by atoms with Crippen molar-refractivity contribution in [2.45, 2.75) is 26.2 Å². The minimum absolute atomic E-state index is 0.182. The van der Waals surface area contributed by atoms with Crippen LogP contribution >= 0.6 is 0 Å². The third-order valence-corrected chi connectivity index (χ3v) is 3.29. The van der Waals surface area contributed by atoms with Gasteiger partial charge in [0.15, 0.2) is 0 Å². The Balaban J connectivity index is 2.53. The van der Waals surface area contributed by atoms with E-state index in [1.54, 1.807) is 23.9 Å². The highest BCUT2D eigenvalue weighted by atomic mass is 16.5. The molecule has 0 bridgehead atoms. The summed E-state index contributed by atoms with van der Waals surface area (Å²) < 4.78 is 7.18. The van der Waals surface area contributed by atoms with Crippen molar-refractivity contribution < 1.29 is 9.84 Å². The zero-order valence-corrected chi connectivity index (χ0v) is 12.0. The molecule has 1 heterocycles. The summed E-state index contributed by atoms with van der Waals surface area (Å²) in [5.41, 5.74) is 8.27. The maximum Gasteiger partial charge on any atom is 0.220 e. The van der Waals surface area contributed by atoms with Gasteiger partial charge in [0.1, 0.15) is 11.4 Å². The van der Waals surface area contributed by atoms with Gasteiger partial charge in [-0.05, 0) is 37.9 Å². The van der Waals surface area contributed by atoms with Gasteiger partial charge in [-0.15, -0.1) is 0 Å². The Morgan fingerprint density at radius 1 is 1.35 bits per heavy atom. The van der Waals surface area contributed by atoms with E-state index in [1.165, 1.54) is 0 Å². The van der Waals surface area contributed by atoms with E-state index >= 15 is 0 Å². The summed E-state index contributed by atoms with van der Waals surface area (Å²) in [5.74, 6) is 0.859. The van der Waals surface area contributed by atoms with Gasteiger partial charge < -0.3 is 15.6 Å². The molecule has 5 heteroatoms. The zero-order chi connectivity index (χ0) is 14.5. The van der Waals surface area contributed by atoms with Gasteiger partial charge in [0.25, 0.3) is 0 Å². The molecule has 0 aliphatic carbocycles. The lowest BCUT2D eigenvalue weighted by atomic mass is 10.1. The Kier molecular flexibility index (Phi) is 4.63. The molecule has 0 aliphatic heterocycles. The third-order valence-electron chi connectivity index (χ3n) is 3.29. The molecule has 0 amide bonds. The molecular weight excluding hydrogens is 254 g/mol. The number of hydrogen-bond donors (Lipinski definition) is 2. The van der Waals surface area contributed by atoms with Crippen LogP contribution in [0.25, 0.3) is 5.69 Å². The topological polar surface area (TPSA) is 73.3 Å². The van der Waals surface area contributed by atoms with Crippen LogP contribution in [-0.4, -0.2) is 28.5 Å². The van der Waals surface area contributed by atoms with Gasteiger partial charge in [-0.3, -0.25) is 0 Å². The molecule has 0 saturated carbocycles. The first-order chi connectivity index (χ1) is 9.72. The molecule has 2 aromatic rings. The van der Waals surface area contributed by atoms with E-state index in [9.17, 15) is 5.11 Å². The fraction of sp³-hybridized carbons (Fsp3) is 0.400. The van der Waals surface area contributed by atoms with Crippen molar-refractivity contribution in [2.75, 3.05) is 13.7 Å². The molecule has 20 heavy (non-hydrogen) atoms. The number of methoxy groups -OCH3 is 1. The number of phenols is 1. The highest BCUT2D eigenvalue weighted by molar-refractivity contribution is 5.49. The van der Waals surface area contributed by atoms with E-state index in [1.807, 2.05) is 12.1 Å². The fourth-order valence-electron chi connectivity index (χ4n) is 2.31. The second-order valence-electron chi connectivity index (χ2n) is 4.58. The Morgan fingerprint density at radius 3 is 2.70 bits per heavy atom. The van der Waals surface area contributed by atoms with Crippen molar-refractivity contribution in [2.24, 2.45) is 5.73 Å². The number of nitrogens with zero attached hydrogens (tertiary/aromatic N) is 2. The Hall–Kier alpha value is -2.01. The maximum absolute atomic E-state index is 10.00. The van der Waals surface area contributed by atoms with Gasteiger partial charge in [-0.25, -0.2) is 0 Å². The summed E-state index contributed by atoms with van der Waals surface area (Å²) in [4.78, 5) is 0. The van der Waals surface area contributed by atoms with Gasteiger partial charge in [-0.2, -0.15) is 9.78 Å². The molecular formula is C15H21N3O2. The van der Waals surface area contributed by atoms with Crippen LogP contribution in [0.4, 0.5) is 0 Å². The van der Waals surface area contributed by atoms with E-state index in [2.05, 4.69) is 12.0 Å². The highest BCUT2D eigenvalue weighted by Crippen LogP contribution is 2.31. The second kappa shape index (κ2) is 6.43. The van der Waals surface area contributed by atoms with E-state index in [4.69, 9.17) is 10.5 Å². The predicted octanol–water partition coefficient (Wildman–Crippen LogP) is 2.04. The Morgan fingerprint density at radius 2 is 2.10 bits per heavy atom. The van der Waals surface area contributed by atoms with Gasteiger partial charge in [-0.1, -0.05) is 19.1 Å². The number of hydrogen-bond acceptors (Lipinski definition) is 4. The number of aryl methyl sites for hydroxylation is 1. The van der Waals surface area contributed by atoms with Gasteiger partial charge in [0.05, 0.1) is 12.8 Å². The van der Waals surface area contributed by atoms with Crippen LogP contribution in [0, 0.1) is 0 Å². The van der Waals surface area contributed by atoms with Gasteiger partial charge in [0.2, 0.25) is 5.88 Å². The molecule has 0 unspecified atom stereocenters. The number of aromatic nitrogens is 2. The lowest BCUT2D eigenvalue weighted by Gasteiger charge is -2.09. The highest BCUT2D eigenvalue weighted by Gasteiger charge is 2.19. The average Bonchev–Trinajstić information content (AvgIpc) is 2.83. The summed E-state index contributed by atoms with van der Waals surface area (Å²) >= 11 is 0. The standard InChI is InChI=1S/C15H21N3O2/c1-3-12-11(7-6-10-16)15(20-2)18(17-12)13-8-4-5-9-14(13)19/h4-5,8-9,19H,3,6-7,10,16H2,1-2H3. The number of ether oxygens (including phenoxy) is 1. The number of phenolic OH excluding ortho intramolecular Hbond substituents is 1. The van der Waals surface area contributed by atoms with Crippen molar-refractivity contribution in [1.82, 2.24) is 9.78 Å². The first-order valence-corrected chi connectivity index (χ1v) is 6.86. The molecule has 0 atom stereocenters. The monoisotopic (exact) mass is 275 g/mol. The first kappa shape index (κ1) is 14.4. The molecule has 1 aromatic heterocycles. The van der Waals surface area contributed by atoms with E-state index in [0.717, 1.165) is 30.5 Å². The number of aromatic hydroxyl groups is 1. The number of benzene rings is 1. The van der Waals surface area contributed by atoms with Crippen LogP contribution in [0.15, 0.2) is 24.3 Å². The smallest absolute Gasteiger partial charge is 0.220 e. The number of rotatable bonds is 6. The van der Waals surface area contributed by atoms with Crippen molar-refractivity contribution in [1.29, 1.82) is 0 Å². The van der Waals surface area contributed by atoms with Gasteiger partial charge >= 0.3 is 0 Å². The third kappa shape index (κ3) is 2.63. The number of nitrogens with two attached hydrogens (primary N) is 1. The molecule has 0 radical (unpaired) electrons. The minimum Gasteiger partial charge on any atom is -0.506 e. The molecule has 0 saturated heterocycles. The normalized spacial score (nSPS) is 10.8. The molecule has 2 rings (SSSR count). The molecule has 3 N–H and O–H groups in total. The predicted molar refractivity (Wildman–Crippen MR) is 78.5 cm³/mol. The van der Waals surface area contributed by atoms with Crippen LogP contribution in [0.5, 0.6) is 11.6 Å². The van der Waals surface area contributed by atoms with Crippen molar-refractivity contribution >= 4 is 0 Å². The Labute approximate surface area is 119 Å². The van der Waals surface area contributed by atoms with Crippen molar-refractivity contribution in [3.63, 3.8) is 0 Å². The molecule has 0 aliphatic rings. The quantitative estimate of drug-likeness (QED) is 0.846. The summed E-state index contributed by atoms with van der Waals surface area (Å²) in [5, 5.41) is 14.6. The van der Waals surface area contributed by atoms with Crippen molar-refractivity contribution in [3.05, 3.63) is 35.5 Å². The summed E-state index contributed by atoms with van der Waals surface area (Å²) in [7, 11) is 1.62. The van der Waals surface area contributed by atoms with Crippen LogP contribution in [0.1, 0.15) is 24.6 Å². The number of para-hydroxylation sites is 2. The van der Waals surface area contributed by atoms with Crippen LogP contribution in [0.2, 0.25) is 0 Å². The van der Waals surface area contributed by atoms with Crippen LogP contribution < -0.4 is 10.5 Å². The maximum atomic E-state index is 10.00. The molecule has 0 spiro atoms. The second-order valence-corrected chi connectivity index (χ2v) is 4.58. The largest absolute Gasteiger partial charge is 0.506 e. The van der Waals surface area contributed by atoms with Crippen LogP contribution in [0.3, 0.4) is 0 Å². The molecule has 108 valence electrons. The van der Waals surface area contributed by atoms with Crippen molar-refractivity contribution in [3.8, 4) is 17.3 Å². The molecule has 0 fully saturated rings. The SMILES string of the molecule is CCc1nn(-c2ccccc2O)c(OC)c1CCCN. The molecule has 5 nitrogen and oxygen atoms in total. The minimum atomic E-state index is 0.182. The zero-order valence-electron chi connectivity index (χ0n) is 12.0. The summed E-state index contributed by atoms with van der Waals surface area (Å²) in [6, 6.07) is 7.10. The lowest BCUT2D eigenvalue weighted by molar-refractivity contribution is 0.376. The van der Waals surface area contributed by atoms with Crippen LogP contribution in [-0.2, 0) is 12.8 Å². The summed E-state index contributed by atoms with van der Waals surface area (Å²) in [6.07, 6.45) is 2.53. The van der Waals surface area contributed by atoms with E-state index in [0.29, 0.717) is 18.1 Å². The fourth-order valence-corrected chi connectivity index (χ4v) is 2.31.